The number of anilines is 2. The summed E-state index contributed by atoms with van der Waals surface area (Å²) in [7, 11) is 0. The lowest BCUT2D eigenvalue weighted by Gasteiger charge is -2.20. The molecule has 3 aromatic rings. The van der Waals surface area contributed by atoms with E-state index in [2.05, 4.69) is 21.4 Å². The van der Waals surface area contributed by atoms with Crippen molar-refractivity contribution < 1.29 is 19.1 Å². The third-order valence-corrected chi connectivity index (χ3v) is 5.47. The first-order chi connectivity index (χ1) is 16.7. The highest BCUT2D eigenvalue weighted by Gasteiger charge is 2.25. The molecular formula is C26H27ClN4O4. The molecule has 0 fully saturated rings. The topological polar surface area (TPSA) is 93.6 Å². The van der Waals surface area contributed by atoms with Crippen LogP contribution < -0.4 is 15.0 Å². The maximum absolute atomic E-state index is 12.9. The Labute approximate surface area is 209 Å². The molecule has 2 heterocycles. The number of para-hydroxylation sites is 1. The Morgan fingerprint density at radius 2 is 1.86 bits per heavy atom. The summed E-state index contributed by atoms with van der Waals surface area (Å²) in [5, 5.41) is 3.19. The van der Waals surface area contributed by atoms with Gasteiger partial charge in [-0.25, -0.2) is 4.98 Å². The van der Waals surface area contributed by atoms with Crippen molar-refractivity contribution >= 4 is 35.1 Å². The molecular weight excluding hydrogens is 468 g/mol. The molecule has 4 rings (SSSR count). The summed E-state index contributed by atoms with van der Waals surface area (Å²) in [6, 6.07) is 15.3. The van der Waals surface area contributed by atoms with Crippen molar-refractivity contribution in [3.05, 3.63) is 76.4 Å². The first kappa shape index (κ1) is 24.5. The van der Waals surface area contributed by atoms with Crippen molar-refractivity contribution in [2.75, 3.05) is 18.0 Å². The Morgan fingerprint density at radius 1 is 1.11 bits per heavy atom. The zero-order valence-corrected chi connectivity index (χ0v) is 20.6. The summed E-state index contributed by atoms with van der Waals surface area (Å²) in [6.07, 6.45) is 2.30. The standard InChI is InChI=1S/C26H27ClN4O4/c1-26(2,3)35-22(32)15-28-23(33)20-14-29-25(31-13-12-18-6-4-5-7-21(18)31)30-24(20)34-16-17-8-10-19(27)11-9-17/h4-11,14H,12-13,15-16H2,1-3H3,(H,28,33). The smallest absolute Gasteiger partial charge is 0.325 e. The van der Waals surface area contributed by atoms with E-state index in [1.165, 1.54) is 11.8 Å². The van der Waals surface area contributed by atoms with Gasteiger partial charge in [-0.1, -0.05) is 41.9 Å². The Hall–Kier alpha value is -3.65. The van der Waals surface area contributed by atoms with Crippen molar-refractivity contribution in [2.24, 2.45) is 0 Å². The second-order valence-corrected chi connectivity index (χ2v) is 9.54. The highest BCUT2D eigenvalue weighted by molar-refractivity contribution is 6.30. The predicted octanol–water partition coefficient (Wildman–Crippen LogP) is 4.47. The van der Waals surface area contributed by atoms with E-state index >= 15 is 0 Å². The van der Waals surface area contributed by atoms with Crippen molar-refractivity contribution in [3.8, 4) is 5.88 Å². The SMILES string of the molecule is CC(C)(C)OC(=O)CNC(=O)c1cnc(N2CCc3ccccc32)nc1OCc1ccc(Cl)cc1. The number of nitrogens with one attached hydrogen (secondary N) is 1. The van der Waals surface area contributed by atoms with E-state index in [0.29, 0.717) is 11.0 Å². The molecule has 0 saturated heterocycles. The van der Waals surface area contributed by atoms with Crippen LogP contribution in [0.25, 0.3) is 0 Å². The van der Waals surface area contributed by atoms with Crippen molar-refractivity contribution in [1.82, 2.24) is 15.3 Å². The van der Waals surface area contributed by atoms with Gasteiger partial charge in [0.05, 0.1) is 0 Å². The molecule has 1 aliphatic heterocycles. The second-order valence-electron chi connectivity index (χ2n) is 9.10. The van der Waals surface area contributed by atoms with Crippen LogP contribution in [0.2, 0.25) is 5.02 Å². The van der Waals surface area contributed by atoms with E-state index < -0.39 is 17.5 Å². The fourth-order valence-electron chi connectivity index (χ4n) is 3.66. The molecule has 0 atom stereocenters. The summed E-state index contributed by atoms with van der Waals surface area (Å²) < 4.78 is 11.2. The zero-order valence-electron chi connectivity index (χ0n) is 19.9. The summed E-state index contributed by atoms with van der Waals surface area (Å²) in [5.74, 6) is -0.517. The van der Waals surface area contributed by atoms with Crippen molar-refractivity contribution in [2.45, 2.75) is 39.4 Å². The molecule has 0 unspecified atom stereocenters. The van der Waals surface area contributed by atoms with Crippen LogP contribution in [0.15, 0.2) is 54.7 Å². The van der Waals surface area contributed by atoms with Crippen LogP contribution in [0, 0.1) is 0 Å². The van der Waals surface area contributed by atoms with Crippen LogP contribution in [-0.2, 0) is 22.6 Å². The van der Waals surface area contributed by atoms with E-state index in [0.717, 1.165) is 24.2 Å². The molecule has 0 spiro atoms. The number of esters is 1. The fraction of sp³-hybridized carbons (Fsp3) is 0.308. The Morgan fingerprint density at radius 3 is 2.60 bits per heavy atom. The third-order valence-electron chi connectivity index (χ3n) is 5.22. The number of aromatic nitrogens is 2. The maximum atomic E-state index is 12.9. The lowest BCUT2D eigenvalue weighted by molar-refractivity contribution is -0.153. The first-order valence-corrected chi connectivity index (χ1v) is 11.7. The van der Waals surface area contributed by atoms with E-state index in [1.54, 1.807) is 32.9 Å². The number of benzene rings is 2. The molecule has 1 N–H and O–H groups in total. The molecule has 1 aliphatic rings. The average molecular weight is 495 g/mol. The number of carbonyl (C=O) groups is 2. The summed E-state index contributed by atoms with van der Waals surface area (Å²) in [5.41, 5.74) is 2.57. The molecule has 0 aliphatic carbocycles. The largest absolute Gasteiger partial charge is 0.472 e. The molecule has 0 bridgehead atoms. The van der Waals surface area contributed by atoms with E-state index in [1.807, 2.05) is 35.2 Å². The molecule has 182 valence electrons. The quantitative estimate of drug-likeness (QED) is 0.484. The number of amides is 1. The maximum Gasteiger partial charge on any atom is 0.325 e. The highest BCUT2D eigenvalue weighted by Crippen LogP contribution is 2.33. The Bertz CT molecular complexity index is 1220. The minimum absolute atomic E-state index is 0.121. The van der Waals surface area contributed by atoms with Gasteiger partial charge < -0.3 is 19.7 Å². The predicted molar refractivity (Wildman–Crippen MR) is 133 cm³/mol. The van der Waals surface area contributed by atoms with Crippen LogP contribution in [0.5, 0.6) is 5.88 Å². The first-order valence-electron chi connectivity index (χ1n) is 11.3. The van der Waals surface area contributed by atoms with Gasteiger partial charge in [0.25, 0.3) is 5.91 Å². The molecule has 1 aromatic heterocycles. The van der Waals surface area contributed by atoms with Gasteiger partial charge in [-0.15, -0.1) is 0 Å². The van der Waals surface area contributed by atoms with Gasteiger partial charge in [-0.2, -0.15) is 4.98 Å². The van der Waals surface area contributed by atoms with Crippen LogP contribution in [0.4, 0.5) is 11.6 Å². The lowest BCUT2D eigenvalue weighted by Crippen LogP contribution is -2.35. The van der Waals surface area contributed by atoms with Crippen LogP contribution in [-0.4, -0.2) is 40.5 Å². The summed E-state index contributed by atoms with van der Waals surface area (Å²) in [4.78, 5) is 36.0. The van der Waals surface area contributed by atoms with Gasteiger partial charge in [0.1, 0.15) is 24.3 Å². The molecule has 35 heavy (non-hydrogen) atoms. The zero-order chi connectivity index (χ0) is 25.0. The number of rotatable bonds is 7. The number of ether oxygens (including phenoxy) is 2. The molecule has 0 saturated carbocycles. The summed E-state index contributed by atoms with van der Waals surface area (Å²) in [6.45, 7) is 5.90. The number of halogens is 1. The monoisotopic (exact) mass is 494 g/mol. The highest BCUT2D eigenvalue weighted by atomic mass is 35.5. The van der Waals surface area contributed by atoms with Crippen molar-refractivity contribution in [1.29, 1.82) is 0 Å². The number of hydrogen-bond acceptors (Lipinski definition) is 7. The Kier molecular flexibility index (Phi) is 7.21. The van der Waals surface area contributed by atoms with Crippen LogP contribution in [0.1, 0.15) is 42.3 Å². The molecule has 9 heteroatoms. The van der Waals surface area contributed by atoms with Gasteiger partial charge >= 0.3 is 5.97 Å². The molecule has 0 radical (unpaired) electrons. The third kappa shape index (κ3) is 6.27. The Balaban J connectivity index is 1.56. The number of hydrogen-bond donors (Lipinski definition) is 1. The van der Waals surface area contributed by atoms with Gasteiger partial charge in [-0.3, -0.25) is 9.59 Å². The molecule has 1 amide bonds. The van der Waals surface area contributed by atoms with Crippen molar-refractivity contribution in [3.63, 3.8) is 0 Å². The normalized spacial score (nSPS) is 12.7. The van der Waals surface area contributed by atoms with Gasteiger partial charge in [0.15, 0.2) is 0 Å². The minimum Gasteiger partial charge on any atom is -0.472 e. The van der Waals surface area contributed by atoms with E-state index in [4.69, 9.17) is 21.1 Å². The molecule has 8 nitrogen and oxygen atoms in total. The fourth-order valence-corrected chi connectivity index (χ4v) is 3.78. The van der Waals surface area contributed by atoms with Gasteiger partial charge in [0, 0.05) is 23.5 Å². The molecule has 2 aromatic carbocycles. The number of fused-ring (bicyclic) bond motifs is 1. The van der Waals surface area contributed by atoms with Gasteiger partial charge in [0.2, 0.25) is 11.8 Å². The van der Waals surface area contributed by atoms with Crippen LogP contribution in [0.3, 0.4) is 0 Å². The minimum atomic E-state index is -0.647. The van der Waals surface area contributed by atoms with E-state index in [9.17, 15) is 9.59 Å². The average Bonchev–Trinajstić information content (AvgIpc) is 3.25. The van der Waals surface area contributed by atoms with Gasteiger partial charge in [-0.05, 0) is 56.5 Å². The summed E-state index contributed by atoms with van der Waals surface area (Å²) >= 11 is 5.97. The number of carbonyl (C=O) groups excluding carboxylic acids is 2. The van der Waals surface area contributed by atoms with E-state index in [-0.39, 0.29) is 24.6 Å². The number of nitrogens with zero attached hydrogens (tertiary/aromatic N) is 3. The second kappa shape index (κ2) is 10.3. The van der Waals surface area contributed by atoms with Crippen LogP contribution >= 0.6 is 11.6 Å². The lowest BCUT2D eigenvalue weighted by atomic mass is 10.2.